The maximum Gasteiger partial charge on any atom is 0.256 e. The van der Waals surface area contributed by atoms with Crippen LogP contribution < -0.4 is 5.32 Å². The minimum atomic E-state index is -0.903. The topological polar surface area (TPSA) is 96.7 Å². The third-order valence-electron chi connectivity index (χ3n) is 4.01. The first-order valence-electron chi connectivity index (χ1n) is 8.34. The quantitative estimate of drug-likeness (QED) is 0.737. The fraction of sp³-hybridized carbons (Fsp3) is 0.389. The van der Waals surface area contributed by atoms with E-state index in [9.17, 15) is 14.7 Å². The summed E-state index contributed by atoms with van der Waals surface area (Å²) in [4.78, 5) is 26.1. The molecule has 1 atom stereocenters. The summed E-state index contributed by atoms with van der Waals surface area (Å²) in [6.45, 7) is 3.22. The lowest BCUT2D eigenvalue weighted by atomic mass is 10.1. The van der Waals surface area contributed by atoms with Crippen molar-refractivity contribution in [3.63, 3.8) is 0 Å². The number of amides is 2. The molecule has 0 spiro atoms. The van der Waals surface area contributed by atoms with E-state index >= 15 is 0 Å². The van der Waals surface area contributed by atoms with Crippen molar-refractivity contribution in [1.29, 1.82) is 0 Å². The van der Waals surface area contributed by atoms with Crippen LogP contribution in [0.2, 0.25) is 0 Å². The number of para-hydroxylation sites is 1. The summed E-state index contributed by atoms with van der Waals surface area (Å²) >= 11 is 0. The van der Waals surface area contributed by atoms with Crippen LogP contribution in [0.4, 0.5) is 0 Å². The highest BCUT2D eigenvalue weighted by atomic mass is 16.5. The molecule has 26 heavy (non-hydrogen) atoms. The van der Waals surface area contributed by atoms with E-state index in [4.69, 9.17) is 4.74 Å². The number of likely N-dealkylation sites (N-methyl/N-ethyl adjacent to an activating group) is 1. The number of carbonyl (C=O) groups excluding carboxylic acids is 2. The third-order valence-corrected chi connectivity index (χ3v) is 4.01. The standard InChI is InChI=1S/C18H24N4O4/c1-4-22-12-13(11-20-22)17(24)19-9-10-21(2)18(25)16(26-3)14-7-5-6-8-15(14)23/h5-8,11-12,16,23H,4,9-10H2,1-3H3,(H,19,24). The fourth-order valence-corrected chi connectivity index (χ4v) is 2.47. The summed E-state index contributed by atoms with van der Waals surface area (Å²) < 4.78 is 6.93. The number of phenols is 1. The lowest BCUT2D eigenvalue weighted by Crippen LogP contribution is -2.38. The van der Waals surface area contributed by atoms with Gasteiger partial charge in [0.1, 0.15) is 5.75 Å². The predicted octanol–water partition coefficient (Wildman–Crippen LogP) is 1.18. The Kier molecular flexibility index (Phi) is 6.74. The zero-order valence-corrected chi connectivity index (χ0v) is 15.2. The van der Waals surface area contributed by atoms with E-state index in [0.29, 0.717) is 24.2 Å². The minimum Gasteiger partial charge on any atom is -0.508 e. The Balaban J connectivity index is 1.90. The van der Waals surface area contributed by atoms with E-state index in [2.05, 4.69) is 10.4 Å². The largest absolute Gasteiger partial charge is 0.508 e. The molecule has 1 aromatic heterocycles. The molecule has 2 aromatic rings. The first kappa shape index (κ1) is 19.5. The molecule has 0 aliphatic heterocycles. The molecule has 1 aromatic carbocycles. The molecule has 0 aliphatic rings. The Hall–Kier alpha value is -2.87. The third kappa shape index (κ3) is 4.60. The van der Waals surface area contributed by atoms with Crippen LogP contribution in [0.1, 0.15) is 28.9 Å². The van der Waals surface area contributed by atoms with Gasteiger partial charge in [-0.25, -0.2) is 0 Å². The molecular formula is C18H24N4O4. The monoisotopic (exact) mass is 360 g/mol. The molecular weight excluding hydrogens is 336 g/mol. The SMILES string of the molecule is CCn1cc(C(=O)NCCN(C)C(=O)C(OC)c2ccccc2O)cn1. The van der Waals surface area contributed by atoms with Crippen LogP contribution >= 0.6 is 0 Å². The number of phenolic OH excluding ortho intramolecular Hbond substituents is 1. The normalized spacial score (nSPS) is 11.8. The first-order valence-corrected chi connectivity index (χ1v) is 8.34. The molecule has 1 unspecified atom stereocenters. The van der Waals surface area contributed by atoms with Gasteiger partial charge in [-0.05, 0) is 13.0 Å². The van der Waals surface area contributed by atoms with Gasteiger partial charge in [0.05, 0.1) is 11.8 Å². The highest BCUT2D eigenvalue weighted by Crippen LogP contribution is 2.27. The van der Waals surface area contributed by atoms with Crippen LogP contribution in [0.5, 0.6) is 5.75 Å². The minimum absolute atomic E-state index is 0.00217. The average Bonchev–Trinajstić information content (AvgIpc) is 3.13. The number of ether oxygens (including phenoxy) is 1. The summed E-state index contributed by atoms with van der Waals surface area (Å²) in [7, 11) is 3.03. The van der Waals surface area contributed by atoms with E-state index < -0.39 is 6.10 Å². The number of hydrogen-bond donors (Lipinski definition) is 2. The summed E-state index contributed by atoms with van der Waals surface area (Å²) in [5, 5.41) is 16.7. The van der Waals surface area contributed by atoms with Crippen molar-refractivity contribution in [2.75, 3.05) is 27.2 Å². The summed E-state index contributed by atoms with van der Waals surface area (Å²) in [5.41, 5.74) is 0.882. The van der Waals surface area contributed by atoms with Gasteiger partial charge in [-0.15, -0.1) is 0 Å². The number of hydrogen-bond acceptors (Lipinski definition) is 5. The van der Waals surface area contributed by atoms with Gasteiger partial charge < -0.3 is 20.1 Å². The molecule has 0 bridgehead atoms. The Morgan fingerprint density at radius 2 is 2.12 bits per heavy atom. The molecule has 8 heteroatoms. The summed E-state index contributed by atoms with van der Waals surface area (Å²) in [6, 6.07) is 6.55. The van der Waals surface area contributed by atoms with Crippen LogP contribution in [0.15, 0.2) is 36.7 Å². The van der Waals surface area contributed by atoms with E-state index in [-0.39, 0.29) is 24.1 Å². The van der Waals surface area contributed by atoms with Crippen LogP contribution in [0.25, 0.3) is 0 Å². The number of rotatable bonds is 8. The Morgan fingerprint density at radius 3 is 2.73 bits per heavy atom. The first-order chi connectivity index (χ1) is 12.5. The van der Waals surface area contributed by atoms with Gasteiger partial charge in [0.25, 0.3) is 11.8 Å². The molecule has 0 saturated heterocycles. The zero-order chi connectivity index (χ0) is 19.1. The van der Waals surface area contributed by atoms with Gasteiger partial charge in [0.15, 0.2) is 6.10 Å². The molecule has 1 heterocycles. The molecule has 8 nitrogen and oxygen atoms in total. The fourth-order valence-electron chi connectivity index (χ4n) is 2.47. The average molecular weight is 360 g/mol. The van der Waals surface area contributed by atoms with Gasteiger partial charge in [-0.2, -0.15) is 5.10 Å². The second-order valence-corrected chi connectivity index (χ2v) is 5.77. The van der Waals surface area contributed by atoms with Crippen molar-refractivity contribution in [3.8, 4) is 5.75 Å². The van der Waals surface area contributed by atoms with Crippen molar-refractivity contribution in [3.05, 3.63) is 47.8 Å². The molecule has 0 radical (unpaired) electrons. The number of aryl methyl sites for hydroxylation is 1. The van der Waals surface area contributed by atoms with E-state index in [1.54, 1.807) is 36.1 Å². The maximum absolute atomic E-state index is 12.6. The number of nitrogens with one attached hydrogen (secondary N) is 1. The van der Waals surface area contributed by atoms with Gasteiger partial charge >= 0.3 is 0 Å². The van der Waals surface area contributed by atoms with E-state index in [1.807, 2.05) is 6.92 Å². The second kappa shape index (κ2) is 9.00. The van der Waals surface area contributed by atoms with E-state index in [1.165, 1.54) is 24.3 Å². The highest BCUT2D eigenvalue weighted by Gasteiger charge is 2.25. The van der Waals surface area contributed by atoms with E-state index in [0.717, 1.165) is 0 Å². The number of aromatic hydroxyl groups is 1. The number of aromatic nitrogens is 2. The van der Waals surface area contributed by atoms with Gasteiger partial charge in [0, 0.05) is 45.6 Å². The summed E-state index contributed by atoms with van der Waals surface area (Å²) in [5.74, 6) is -0.543. The Morgan fingerprint density at radius 1 is 1.38 bits per heavy atom. The molecule has 0 aliphatic carbocycles. The van der Waals surface area contributed by atoms with Crippen LogP contribution in [-0.4, -0.2) is 58.8 Å². The predicted molar refractivity (Wildman–Crippen MR) is 95.7 cm³/mol. The number of carbonyl (C=O) groups is 2. The van der Waals surface area contributed by atoms with Crippen molar-refractivity contribution < 1.29 is 19.4 Å². The molecule has 2 amide bonds. The molecule has 140 valence electrons. The van der Waals surface area contributed by atoms with Crippen LogP contribution in [-0.2, 0) is 16.1 Å². The van der Waals surface area contributed by atoms with Crippen molar-refractivity contribution in [2.24, 2.45) is 0 Å². The smallest absolute Gasteiger partial charge is 0.256 e. The van der Waals surface area contributed by atoms with Crippen molar-refractivity contribution in [1.82, 2.24) is 20.0 Å². The highest BCUT2D eigenvalue weighted by molar-refractivity contribution is 5.93. The lowest BCUT2D eigenvalue weighted by molar-refractivity contribution is -0.141. The molecule has 0 saturated carbocycles. The number of methoxy groups -OCH3 is 1. The summed E-state index contributed by atoms with van der Waals surface area (Å²) in [6.07, 6.45) is 2.27. The van der Waals surface area contributed by atoms with Crippen molar-refractivity contribution >= 4 is 11.8 Å². The molecule has 0 fully saturated rings. The molecule has 2 N–H and O–H groups in total. The number of nitrogens with zero attached hydrogens (tertiary/aromatic N) is 3. The Labute approximate surface area is 152 Å². The van der Waals surface area contributed by atoms with Gasteiger partial charge in [0.2, 0.25) is 0 Å². The second-order valence-electron chi connectivity index (χ2n) is 5.77. The van der Waals surface area contributed by atoms with Gasteiger partial charge in [-0.3, -0.25) is 14.3 Å². The number of benzene rings is 1. The Bertz CT molecular complexity index is 759. The lowest BCUT2D eigenvalue weighted by Gasteiger charge is -2.23. The van der Waals surface area contributed by atoms with Crippen LogP contribution in [0.3, 0.4) is 0 Å². The van der Waals surface area contributed by atoms with Crippen molar-refractivity contribution in [2.45, 2.75) is 19.6 Å². The van der Waals surface area contributed by atoms with Gasteiger partial charge in [-0.1, -0.05) is 18.2 Å². The van der Waals surface area contributed by atoms with Crippen LogP contribution in [0, 0.1) is 0 Å². The molecule has 2 rings (SSSR count). The zero-order valence-electron chi connectivity index (χ0n) is 15.2. The maximum atomic E-state index is 12.6.